The van der Waals surface area contributed by atoms with Crippen molar-refractivity contribution in [3.05, 3.63) is 136 Å². The van der Waals surface area contributed by atoms with Crippen LogP contribution in [0.25, 0.3) is 0 Å². The summed E-state index contributed by atoms with van der Waals surface area (Å²) in [6.07, 6.45) is 0. The van der Waals surface area contributed by atoms with E-state index in [1.165, 1.54) is 17.8 Å². The predicted molar refractivity (Wildman–Crippen MR) is 140 cm³/mol. The Bertz CT molecular complexity index is 1530. The molecule has 0 N–H and O–H groups in total. The van der Waals surface area contributed by atoms with Crippen molar-refractivity contribution in [3.8, 4) is 35.5 Å². The van der Waals surface area contributed by atoms with Crippen LogP contribution < -0.4 is 0 Å². The Morgan fingerprint density at radius 2 is 1.06 bits per heavy atom. The number of hydrogen-bond donors (Lipinski definition) is 0. The van der Waals surface area contributed by atoms with Crippen LogP contribution >= 0.6 is 11.8 Å². The fourth-order valence-electron chi connectivity index (χ4n) is 3.05. The van der Waals surface area contributed by atoms with E-state index < -0.39 is 5.82 Å². The van der Waals surface area contributed by atoms with Crippen LogP contribution in [0.2, 0.25) is 0 Å². The van der Waals surface area contributed by atoms with Crippen molar-refractivity contribution in [1.82, 2.24) is 0 Å². The highest BCUT2D eigenvalue weighted by atomic mass is 32.2. The molecular formula is C32H19FOS. The molecule has 0 aliphatic heterocycles. The third kappa shape index (κ3) is 7.25. The van der Waals surface area contributed by atoms with E-state index in [-0.39, 0.29) is 5.12 Å². The van der Waals surface area contributed by atoms with Gasteiger partial charge in [-0.05, 0) is 78.9 Å². The zero-order valence-corrected chi connectivity index (χ0v) is 19.7. The van der Waals surface area contributed by atoms with Gasteiger partial charge >= 0.3 is 0 Å². The molecule has 0 atom stereocenters. The third-order valence-electron chi connectivity index (χ3n) is 4.79. The van der Waals surface area contributed by atoms with Crippen LogP contribution in [0.5, 0.6) is 0 Å². The van der Waals surface area contributed by atoms with Gasteiger partial charge in [0.15, 0.2) is 5.12 Å². The van der Waals surface area contributed by atoms with E-state index in [2.05, 4.69) is 35.5 Å². The second-order valence-corrected chi connectivity index (χ2v) is 8.76. The van der Waals surface area contributed by atoms with Crippen LogP contribution in [-0.2, 0) is 4.79 Å². The van der Waals surface area contributed by atoms with Crippen LogP contribution in [0.3, 0.4) is 0 Å². The molecule has 4 aromatic rings. The molecule has 0 spiro atoms. The molecule has 0 amide bonds. The van der Waals surface area contributed by atoms with Gasteiger partial charge in [0.2, 0.25) is 0 Å². The lowest BCUT2D eigenvalue weighted by atomic mass is 10.1. The lowest BCUT2D eigenvalue weighted by molar-refractivity contribution is -0.109. The number of halogens is 1. The van der Waals surface area contributed by atoms with Crippen molar-refractivity contribution in [2.75, 3.05) is 0 Å². The van der Waals surface area contributed by atoms with Gasteiger partial charge in [-0.2, -0.15) is 0 Å². The molecule has 0 heterocycles. The minimum Gasteiger partial charge on any atom is -0.287 e. The molecule has 4 aromatic carbocycles. The Hall–Kier alpha value is -4.49. The molecule has 0 saturated carbocycles. The number of hydrogen-bond acceptors (Lipinski definition) is 2. The van der Waals surface area contributed by atoms with E-state index in [0.717, 1.165) is 27.1 Å². The summed E-state index contributed by atoms with van der Waals surface area (Å²) in [6.45, 7) is 1.55. The van der Waals surface area contributed by atoms with Crippen LogP contribution in [0.1, 0.15) is 40.3 Å². The average molecular weight is 471 g/mol. The fraction of sp³-hybridized carbons (Fsp3) is 0.0312. The third-order valence-corrected chi connectivity index (χ3v) is 5.58. The topological polar surface area (TPSA) is 17.1 Å². The average Bonchev–Trinajstić information content (AvgIpc) is 2.87. The van der Waals surface area contributed by atoms with E-state index in [4.69, 9.17) is 0 Å². The molecular weight excluding hydrogens is 451 g/mol. The van der Waals surface area contributed by atoms with Crippen LogP contribution in [-0.4, -0.2) is 5.12 Å². The first kappa shape index (κ1) is 23.7. The molecule has 0 radical (unpaired) electrons. The van der Waals surface area contributed by atoms with Crippen molar-refractivity contribution in [1.29, 1.82) is 0 Å². The quantitative estimate of drug-likeness (QED) is 0.228. The van der Waals surface area contributed by atoms with Gasteiger partial charge in [-0.3, -0.25) is 4.79 Å². The lowest BCUT2D eigenvalue weighted by Gasteiger charge is -1.97. The molecule has 0 aromatic heterocycles. The zero-order chi connectivity index (χ0) is 24.5. The molecule has 166 valence electrons. The van der Waals surface area contributed by atoms with Gasteiger partial charge in [0.1, 0.15) is 5.82 Å². The summed E-state index contributed by atoms with van der Waals surface area (Å²) in [6, 6.07) is 29.5. The second kappa shape index (κ2) is 11.6. The van der Waals surface area contributed by atoms with E-state index in [1.54, 1.807) is 19.1 Å². The summed E-state index contributed by atoms with van der Waals surface area (Å²) in [5.41, 5.74) is 4.32. The highest BCUT2D eigenvalue weighted by Gasteiger charge is 2.00. The molecule has 4 rings (SSSR count). The predicted octanol–water partition coefficient (Wildman–Crippen LogP) is 6.66. The Labute approximate surface area is 209 Å². The summed E-state index contributed by atoms with van der Waals surface area (Å²) >= 11 is 1.20. The van der Waals surface area contributed by atoms with E-state index in [1.807, 2.05) is 78.9 Å². The van der Waals surface area contributed by atoms with E-state index >= 15 is 0 Å². The van der Waals surface area contributed by atoms with Crippen molar-refractivity contribution < 1.29 is 9.18 Å². The Morgan fingerprint density at radius 3 is 1.60 bits per heavy atom. The van der Waals surface area contributed by atoms with Crippen molar-refractivity contribution in [2.45, 2.75) is 11.8 Å². The molecule has 0 aliphatic carbocycles. The summed E-state index contributed by atoms with van der Waals surface area (Å²) in [4.78, 5) is 12.1. The van der Waals surface area contributed by atoms with Crippen LogP contribution in [0.15, 0.2) is 102 Å². The SMILES string of the molecule is CC(=O)Sc1ccc(C#Cc2ccc(C#Cc3ccc(C#Cc4ccccc4)c(F)c3)cc2)cc1. The van der Waals surface area contributed by atoms with E-state index in [0.29, 0.717) is 11.1 Å². The van der Waals surface area contributed by atoms with Gasteiger partial charge in [0.05, 0.1) is 5.56 Å². The molecule has 0 unspecified atom stereocenters. The molecule has 0 bridgehead atoms. The first-order valence-corrected chi connectivity index (χ1v) is 11.7. The summed E-state index contributed by atoms with van der Waals surface area (Å²) in [7, 11) is 0. The largest absolute Gasteiger partial charge is 0.287 e. The molecule has 35 heavy (non-hydrogen) atoms. The van der Waals surface area contributed by atoms with E-state index in [9.17, 15) is 9.18 Å². The summed E-state index contributed by atoms with van der Waals surface area (Å²) < 4.78 is 14.4. The Morgan fingerprint density at radius 1 is 0.600 bits per heavy atom. The molecule has 1 nitrogen and oxygen atoms in total. The standard InChI is InChI=1S/C32H19FOS/c1-24(34)35-31-21-17-28(18-22-31)12-11-26-7-9-27(10-8-26)13-14-29-16-20-30(32(33)23-29)19-15-25-5-3-2-4-6-25/h2-10,16-18,20-23H,1H3. The fourth-order valence-corrected chi connectivity index (χ4v) is 3.66. The number of benzene rings is 4. The maximum atomic E-state index is 14.4. The normalized spacial score (nSPS) is 9.54. The number of carbonyl (C=O) groups is 1. The lowest BCUT2D eigenvalue weighted by Crippen LogP contribution is -1.86. The molecule has 0 fully saturated rings. The van der Waals surface area contributed by atoms with Crippen molar-refractivity contribution in [2.24, 2.45) is 0 Å². The number of thioether (sulfide) groups is 1. The molecule has 0 aliphatic rings. The Kier molecular flexibility index (Phi) is 7.83. The molecule has 0 saturated heterocycles. The van der Waals surface area contributed by atoms with Gasteiger partial charge in [0, 0.05) is 39.6 Å². The van der Waals surface area contributed by atoms with Crippen LogP contribution in [0.4, 0.5) is 4.39 Å². The van der Waals surface area contributed by atoms with Crippen LogP contribution in [0, 0.1) is 41.3 Å². The van der Waals surface area contributed by atoms with Gasteiger partial charge in [-0.15, -0.1) is 0 Å². The first-order chi connectivity index (χ1) is 17.0. The monoisotopic (exact) mass is 470 g/mol. The van der Waals surface area contributed by atoms with Gasteiger partial charge < -0.3 is 0 Å². The minimum absolute atomic E-state index is 0.0577. The van der Waals surface area contributed by atoms with Crippen molar-refractivity contribution in [3.63, 3.8) is 0 Å². The highest BCUT2D eigenvalue weighted by molar-refractivity contribution is 8.13. The van der Waals surface area contributed by atoms with Crippen molar-refractivity contribution >= 4 is 16.9 Å². The summed E-state index contributed by atoms with van der Waals surface area (Å²) in [5.74, 6) is 17.7. The Balaban J connectivity index is 1.41. The zero-order valence-electron chi connectivity index (χ0n) is 18.9. The van der Waals surface area contributed by atoms with Gasteiger partial charge in [-0.25, -0.2) is 4.39 Å². The maximum absolute atomic E-state index is 14.4. The maximum Gasteiger partial charge on any atom is 0.190 e. The summed E-state index contributed by atoms with van der Waals surface area (Å²) in [5, 5.41) is 0.0577. The smallest absolute Gasteiger partial charge is 0.190 e. The number of carbonyl (C=O) groups excluding carboxylic acids is 1. The number of rotatable bonds is 1. The second-order valence-electron chi connectivity index (χ2n) is 7.51. The highest BCUT2D eigenvalue weighted by Crippen LogP contribution is 2.18. The molecule has 3 heteroatoms. The minimum atomic E-state index is -0.390. The van der Waals surface area contributed by atoms with Gasteiger partial charge in [-0.1, -0.05) is 65.5 Å². The van der Waals surface area contributed by atoms with Gasteiger partial charge in [0.25, 0.3) is 0 Å². The first-order valence-electron chi connectivity index (χ1n) is 10.8.